The second-order valence-electron chi connectivity index (χ2n) is 5.25. The zero-order valence-corrected chi connectivity index (χ0v) is 13.0. The number of ether oxygens (including phenoxy) is 1. The molecule has 0 unspecified atom stereocenters. The maximum Gasteiger partial charge on any atom is 0.260 e. The minimum absolute atomic E-state index is 0.0550. The normalized spacial score (nSPS) is 20.1. The molecule has 0 aliphatic carbocycles. The average Bonchev–Trinajstić information content (AvgIpc) is 2.83. The van der Waals surface area contributed by atoms with E-state index in [9.17, 15) is 13.2 Å². The summed E-state index contributed by atoms with van der Waals surface area (Å²) in [5.41, 5.74) is 0. The van der Waals surface area contributed by atoms with E-state index in [1.165, 1.54) is 0 Å². The van der Waals surface area contributed by atoms with E-state index < -0.39 is 9.84 Å². The molecule has 0 saturated carbocycles. The molecule has 1 aromatic rings. The fourth-order valence-electron chi connectivity index (χ4n) is 2.52. The predicted molar refractivity (Wildman–Crippen MR) is 81.0 cm³/mol. The van der Waals surface area contributed by atoms with Gasteiger partial charge in [0.2, 0.25) is 0 Å². The van der Waals surface area contributed by atoms with Gasteiger partial charge in [-0.05, 0) is 25.0 Å². The third-order valence-electron chi connectivity index (χ3n) is 3.54. The zero-order chi connectivity index (χ0) is 15.3. The summed E-state index contributed by atoms with van der Waals surface area (Å²) in [7, 11) is -2.99. The molecular weight excluding hydrogens is 290 g/mol. The maximum atomic E-state index is 12.3. The molecule has 1 saturated heterocycles. The lowest BCUT2D eigenvalue weighted by Crippen LogP contribution is -2.44. The minimum atomic E-state index is -2.99. The molecule has 1 fully saturated rings. The molecule has 6 heteroatoms. The average molecular weight is 311 g/mol. The van der Waals surface area contributed by atoms with Gasteiger partial charge >= 0.3 is 0 Å². The number of hydrogen-bond acceptors (Lipinski definition) is 4. The molecule has 1 aliphatic rings. The van der Waals surface area contributed by atoms with Crippen LogP contribution < -0.4 is 4.74 Å². The third kappa shape index (κ3) is 4.46. The number of carbonyl (C=O) groups is 1. The van der Waals surface area contributed by atoms with Crippen LogP contribution in [0.4, 0.5) is 0 Å². The number of hydrogen-bond donors (Lipinski definition) is 0. The summed E-state index contributed by atoms with van der Waals surface area (Å²) in [5.74, 6) is 0.735. The van der Waals surface area contributed by atoms with Gasteiger partial charge in [0.25, 0.3) is 5.91 Å². The summed E-state index contributed by atoms with van der Waals surface area (Å²) in [4.78, 5) is 14.0. The highest BCUT2D eigenvalue weighted by molar-refractivity contribution is 7.91. The number of rotatable bonds is 6. The molecule has 1 aliphatic heterocycles. The van der Waals surface area contributed by atoms with Gasteiger partial charge in [0.05, 0.1) is 11.5 Å². The van der Waals surface area contributed by atoms with E-state index in [-0.39, 0.29) is 30.1 Å². The van der Waals surface area contributed by atoms with Crippen molar-refractivity contribution in [2.24, 2.45) is 0 Å². The molecule has 1 heterocycles. The summed E-state index contributed by atoms with van der Waals surface area (Å²) < 4.78 is 28.6. The van der Waals surface area contributed by atoms with Crippen LogP contribution in [0.25, 0.3) is 0 Å². The van der Waals surface area contributed by atoms with E-state index in [2.05, 4.69) is 0 Å². The zero-order valence-electron chi connectivity index (χ0n) is 12.2. The van der Waals surface area contributed by atoms with E-state index in [1.54, 1.807) is 17.0 Å². The third-order valence-corrected chi connectivity index (χ3v) is 5.29. The minimum Gasteiger partial charge on any atom is -0.484 e. The largest absolute Gasteiger partial charge is 0.484 e. The highest BCUT2D eigenvalue weighted by Gasteiger charge is 2.34. The van der Waals surface area contributed by atoms with Crippen LogP contribution in [0.1, 0.15) is 19.8 Å². The van der Waals surface area contributed by atoms with E-state index >= 15 is 0 Å². The van der Waals surface area contributed by atoms with Gasteiger partial charge in [-0.1, -0.05) is 25.1 Å². The van der Waals surface area contributed by atoms with Crippen LogP contribution in [-0.2, 0) is 14.6 Å². The molecule has 1 atom stereocenters. The number of para-hydroxylation sites is 1. The van der Waals surface area contributed by atoms with E-state index in [4.69, 9.17) is 4.74 Å². The standard InChI is InChI=1S/C15H21NO4S/c1-2-9-16(13-8-10-21(18,19)12-13)15(17)11-20-14-6-4-3-5-7-14/h3-7,13H,2,8-12H2,1H3/t13-/m0/s1. The molecule has 116 valence electrons. The maximum absolute atomic E-state index is 12.3. The van der Waals surface area contributed by atoms with Gasteiger partial charge < -0.3 is 9.64 Å². The Morgan fingerprint density at radius 3 is 2.62 bits per heavy atom. The Balaban J connectivity index is 1.96. The highest BCUT2D eigenvalue weighted by atomic mass is 32.2. The van der Waals surface area contributed by atoms with E-state index in [1.807, 2.05) is 25.1 Å². The van der Waals surface area contributed by atoms with Crippen molar-refractivity contribution in [1.82, 2.24) is 4.90 Å². The van der Waals surface area contributed by atoms with Crippen molar-refractivity contribution in [1.29, 1.82) is 0 Å². The summed E-state index contributed by atoms with van der Waals surface area (Å²) in [6.07, 6.45) is 1.33. The second-order valence-corrected chi connectivity index (χ2v) is 7.47. The Morgan fingerprint density at radius 1 is 1.33 bits per heavy atom. The molecule has 0 N–H and O–H groups in total. The lowest BCUT2D eigenvalue weighted by Gasteiger charge is -2.27. The van der Waals surface area contributed by atoms with E-state index in [0.29, 0.717) is 18.7 Å². The highest BCUT2D eigenvalue weighted by Crippen LogP contribution is 2.18. The van der Waals surface area contributed by atoms with E-state index in [0.717, 1.165) is 6.42 Å². The van der Waals surface area contributed by atoms with Gasteiger partial charge in [0, 0.05) is 12.6 Å². The number of nitrogens with zero attached hydrogens (tertiary/aromatic N) is 1. The first-order valence-electron chi connectivity index (χ1n) is 7.19. The van der Waals surface area contributed by atoms with Crippen molar-refractivity contribution in [3.63, 3.8) is 0 Å². The number of amides is 1. The number of carbonyl (C=O) groups excluding carboxylic acids is 1. The van der Waals surface area contributed by atoms with Gasteiger partial charge in [-0.3, -0.25) is 4.79 Å². The molecule has 1 amide bonds. The van der Waals surface area contributed by atoms with Gasteiger partial charge in [-0.25, -0.2) is 8.42 Å². The first-order chi connectivity index (χ1) is 10.0. The Morgan fingerprint density at radius 2 is 2.05 bits per heavy atom. The van der Waals surface area contributed by atoms with Crippen molar-refractivity contribution in [3.8, 4) is 5.75 Å². The quantitative estimate of drug-likeness (QED) is 0.798. The summed E-state index contributed by atoms with van der Waals surface area (Å²) in [6.45, 7) is 2.49. The smallest absolute Gasteiger partial charge is 0.260 e. The van der Waals surface area contributed by atoms with Crippen LogP contribution in [0.2, 0.25) is 0 Å². The molecular formula is C15H21NO4S. The lowest BCUT2D eigenvalue weighted by molar-refractivity contribution is -0.135. The molecule has 5 nitrogen and oxygen atoms in total. The van der Waals surface area contributed by atoms with Crippen LogP contribution in [0, 0.1) is 0 Å². The Hall–Kier alpha value is -1.56. The van der Waals surface area contributed by atoms with Crippen molar-refractivity contribution >= 4 is 15.7 Å². The number of benzene rings is 1. The lowest BCUT2D eigenvalue weighted by atomic mass is 10.2. The molecule has 0 bridgehead atoms. The van der Waals surface area contributed by atoms with Gasteiger partial charge in [0.1, 0.15) is 5.75 Å². The van der Waals surface area contributed by atoms with Crippen LogP contribution in [0.3, 0.4) is 0 Å². The van der Waals surface area contributed by atoms with Crippen LogP contribution >= 0.6 is 0 Å². The second kappa shape index (κ2) is 6.93. The van der Waals surface area contributed by atoms with Crippen molar-refractivity contribution in [2.75, 3.05) is 24.7 Å². The van der Waals surface area contributed by atoms with Crippen molar-refractivity contribution in [3.05, 3.63) is 30.3 Å². The summed E-state index contributed by atoms with van der Waals surface area (Å²) in [6, 6.07) is 8.93. The summed E-state index contributed by atoms with van der Waals surface area (Å²) >= 11 is 0. The van der Waals surface area contributed by atoms with Crippen LogP contribution in [-0.4, -0.2) is 49.9 Å². The first kappa shape index (κ1) is 15.8. The predicted octanol–water partition coefficient (Wildman–Crippen LogP) is 1.49. The fourth-order valence-corrected chi connectivity index (χ4v) is 4.25. The SMILES string of the molecule is CCCN(C(=O)COc1ccccc1)[C@H]1CCS(=O)(=O)C1. The van der Waals surface area contributed by atoms with Crippen LogP contribution in [0.15, 0.2) is 30.3 Å². The van der Waals surface area contributed by atoms with Gasteiger partial charge in [-0.15, -0.1) is 0 Å². The summed E-state index contributed by atoms with van der Waals surface area (Å²) in [5, 5.41) is 0. The Bertz CT molecular complexity index is 571. The molecule has 21 heavy (non-hydrogen) atoms. The molecule has 0 spiro atoms. The topological polar surface area (TPSA) is 63.7 Å². The molecule has 0 aromatic heterocycles. The van der Waals surface area contributed by atoms with Gasteiger partial charge in [0.15, 0.2) is 16.4 Å². The van der Waals surface area contributed by atoms with Crippen molar-refractivity contribution in [2.45, 2.75) is 25.8 Å². The Kier molecular flexibility index (Phi) is 5.22. The molecule has 0 radical (unpaired) electrons. The van der Waals surface area contributed by atoms with Crippen LogP contribution in [0.5, 0.6) is 5.75 Å². The number of sulfone groups is 1. The Labute approximate surface area is 125 Å². The molecule has 2 rings (SSSR count). The first-order valence-corrected chi connectivity index (χ1v) is 9.01. The van der Waals surface area contributed by atoms with Gasteiger partial charge in [-0.2, -0.15) is 0 Å². The van der Waals surface area contributed by atoms with Crippen molar-refractivity contribution < 1.29 is 17.9 Å². The fraction of sp³-hybridized carbons (Fsp3) is 0.533. The monoisotopic (exact) mass is 311 g/mol. The molecule has 1 aromatic carbocycles.